The highest BCUT2D eigenvalue weighted by Crippen LogP contribution is 2.26. The zero-order valence-corrected chi connectivity index (χ0v) is 16.9. The summed E-state index contributed by atoms with van der Waals surface area (Å²) in [5.74, 6) is 1.02. The fourth-order valence-electron chi connectivity index (χ4n) is 2.83. The maximum absolute atomic E-state index is 12.4. The Bertz CT molecular complexity index is 972. The van der Waals surface area contributed by atoms with E-state index in [-0.39, 0.29) is 5.91 Å². The highest BCUT2D eigenvalue weighted by atomic mass is 32.2. The maximum atomic E-state index is 12.4. The molecule has 6 heteroatoms. The van der Waals surface area contributed by atoms with Gasteiger partial charge in [0.1, 0.15) is 10.9 Å². The number of carbonyl (C=O) groups is 1. The summed E-state index contributed by atoms with van der Waals surface area (Å²) in [6, 6.07) is 13.9. The first kappa shape index (κ1) is 19.3. The summed E-state index contributed by atoms with van der Waals surface area (Å²) in [6.45, 7) is 4.70. The lowest BCUT2D eigenvalue weighted by Crippen LogP contribution is -2.16. The van der Waals surface area contributed by atoms with Gasteiger partial charge in [0, 0.05) is 11.1 Å². The molecule has 1 heterocycles. The van der Waals surface area contributed by atoms with Crippen LogP contribution in [0.5, 0.6) is 0 Å². The topological polar surface area (TPSA) is 58.1 Å². The monoisotopic (exact) mass is 380 g/mol. The van der Waals surface area contributed by atoms with Crippen LogP contribution in [0.4, 0.5) is 5.69 Å². The van der Waals surface area contributed by atoms with Crippen molar-refractivity contribution in [2.45, 2.75) is 25.4 Å². The molecule has 2 aromatic carbocycles. The number of nitrogens with one attached hydrogen (secondary N) is 1. The minimum Gasteiger partial charge on any atom is -0.325 e. The molecular formula is C21H24N4OS. The average Bonchev–Trinajstić information content (AvgIpc) is 2.61. The number of rotatable bonds is 6. The lowest BCUT2D eigenvalue weighted by Gasteiger charge is -2.12. The Morgan fingerprint density at radius 1 is 1.11 bits per heavy atom. The lowest BCUT2D eigenvalue weighted by molar-refractivity contribution is -0.113. The van der Waals surface area contributed by atoms with E-state index >= 15 is 0 Å². The highest BCUT2D eigenvalue weighted by Gasteiger charge is 2.12. The molecule has 0 radical (unpaired) electrons. The fourth-order valence-corrected chi connectivity index (χ4v) is 3.67. The number of aryl methyl sites for hydroxylation is 2. The van der Waals surface area contributed by atoms with Gasteiger partial charge in [-0.2, -0.15) is 0 Å². The maximum Gasteiger partial charge on any atom is 0.234 e. The minimum absolute atomic E-state index is 0.0381. The molecule has 0 saturated carbocycles. The SMILES string of the molecule is Cc1ccc(NC(=O)CSc2nc(CN(C)C)nc3ccccc23)c(C)c1. The number of hydrogen-bond acceptors (Lipinski definition) is 5. The van der Waals surface area contributed by atoms with Gasteiger partial charge in [-0.25, -0.2) is 9.97 Å². The van der Waals surface area contributed by atoms with Crippen LogP contribution in [0.2, 0.25) is 0 Å². The molecule has 0 spiro atoms. The van der Waals surface area contributed by atoms with Crippen molar-refractivity contribution in [2.75, 3.05) is 25.2 Å². The normalized spacial score (nSPS) is 11.1. The molecule has 3 rings (SSSR count). The van der Waals surface area contributed by atoms with Crippen LogP contribution in [-0.4, -0.2) is 40.6 Å². The molecule has 1 aromatic heterocycles. The molecular weight excluding hydrogens is 356 g/mol. The smallest absolute Gasteiger partial charge is 0.234 e. The zero-order valence-electron chi connectivity index (χ0n) is 16.1. The van der Waals surface area contributed by atoms with Crippen LogP contribution in [-0.2, 0) is 11.3 Å². The zero-order chi connectivity index (χ0) is 19.4. The van der Waals surface area contributed by atoms with Gasteiger partial charge in [0.05, 0.1) is 17.8 Å². The van der Waals surface area contributed by atoms with Gasteiger partial charge in [-0.3, -0.25) is 4.79 Å². The van der Waals surface area contributed by atoms with E-state index < -0.39 is 0 Å². The first-order valence-corrected chi connectivity index (χ1v) is 9.81. The van der Waals surface area contributed by atoms with Crippen LogP contribution < -0.4 is 5.32 Å². The minimum atomic E-state index is -0.0381. The van der Waals surface area contributed by atoms with Gasteiger partial charge in [0.2, 0.25) is 5.91 Å². The van der Waals surface area contributed by atoms with Crippen LogP contribution in [0.3, 0.4) is 0 Å². The number of amides is 1. The molecule has 1 N–H and O–H groups in total. The van der Waals surface area contributed by atoms with E-state index in [9.17, 15) is 4.79 Å². The summed E-state index contributed by atoms with van der Waals surface area (Å²) in [5.41, 5.74) is 4.00. The summed E-state index contributed by atoms with van der Waals surface area (Å²) >= 11 is 1.45. The Hall–Kier alpha value is -2.44. The van der Waals surface area contributed by atoms with Crippen molar-refractivity contribution in [3.8, 4) is 0 Å². The third-order valence-corrected chi connectivity index (χ3v) is 5.06. The van der Waals surface area contributed by atoms with Gasteiger partial charge in [-0.05, 0) is 45.6 Å². The average molecular weight is 381 g/mol. The van der Waals surface area contributed by atoms with Crippen molar-refractivity contribution in [3.63, 3.8) is 0 Å². The standard InChI is InChI=1S/C21H24N4OS/c1-14-9-10-17(15(2)11-14)23-20(26)13-27-21-16-7-5-6-8-18(16)22-19(24-21)12-25(3)4/h5-11H,12-13H2,1-4H3,(H,23,26). The Morgan fingerprint density at radius 3 is 2.63 bits per heavy atom. The molecule has 0 unspecified atom stereocenters. The van der Waals surface area contributed by atoms with Crippen molar-refractivity contribution >= 4 is 34.3 Å². The number of fused-ring (bicyclic) bond motifs is 1. The molecule has 0 atom stereocenters. The fraction of sp³-hybridized carbons (Fsp3) is 0.286. The second-order valence-electron chi connectivity index (χ2n) is 6.86. The number of nitrogens with zero attached hydrogens (tertiary/aromatic N) is 3. The van der Waals surface area contributed by atoms with Crippen molar-refractivity contribution < 1.29 is 4.79 Å². The number of anilines is 1. The predicted octanol–water partition coefficient (Wildman–Crippen LogP) is 4.04. The van der Waals surface area contributed by atoms with E-state index in [2.05, 4.69) is 21.4 Å². The van der Waals surface area contributed by atoms with E-state index in [1.165, 1.54) is 17.3 Å². The molecule has 27 heavy (non-hydrogen) atoms. The molecule has 0 saturated heterocycles. The van der Waals surface area contributed by atoms with Gasteiger partial charge < -0.3 is 10.2 Å². The van der Waals surface area contributed by atoms with Gasteiger partial charge in [0.25, 0.3) is 0 Å². The van der Waals surface area contributed by atoms with E-state index in [0.29, 0.717) is 12.3 Å². The number of aromatic nitrogens is 2. The predicted molar refractivity (Wildman–Crippen MR) is 112 cm³/mol. The van der Waals surface area contributed by atoms with Crippen molar-refractivity contribution in [2.24, 2.45) is 0 Å². The molecule has 0 aliphatic heterocycles. The van der Waals surface area contributed by atoms with Crippen LogP contribution in [0.1, 0.15) is 17.0 Å². The summed E-state index contributed by atoms with van der Waals surface area (Å²) in [5, 5.41) is 4.81. The summed E-state index contributed by atoms with van der Waals surface area (Å²) in [7, 11) is 3.98. The molecule has 1 amide bonds. The molecule has 140 valence electrons. The molecule has 0 aliphatic carbocycles. The molecule has 3 aromatic rings. The number of hydrogen-bond donors (Lipinski definition) is 1. The molecule has 5 nitrogen and oxygen atoms in total. The Labute approximate surface area is 164 Å². The first-order valence-electron chi connectivity index (χ1n) is 8.82. The first-order chi connectivity index (χ1) is 12.9. The Kier molecular flexibility index (Phi) is 6.08. The molecule has 0 aliphatic rings. The quantitative estimate of drug-likeness (QED) is 0.517. The van der Waals surface area contributed by atoms with E-state index in [1.54, 1.807) is 0 Å². The number of benzene rings is 2. The van der Waals surface area contributed by atoms with E-state index in [4.69, 9.17) is 0 Å². The second-order valence-corrected chi connectivity index (χ2v) is 7.82. The van der Waals surface area contributed by atoms with Gasteiger partial charge in [0.15, 0.2) is 0 Å². The second kappa shape index (κ2) is 8.50. The Morgan fingerprint density at radius 2 is 1.89 bits per heavy atom. The van der Waals surface area contributed by atoms with Crippen LogP contribution in [0.15, 0.2) is 47.5 Å². The Balaban J connectivity index is 1.76. The summed E-state index contributed by atoms with van der Waals surface area (Å²) in [6.07, 6.45) is 0. The third kappa shape index (κ3) is 5.05. The summed E-state index contributed by atoms with van der Waals surface area (Å²) < 4.78 is 0. The number of thioether (sulfide) groups is 1. The van der Waals surface area contributed by atoms with Crippen molar-refractivity contribution in [1.29, 1.82) is 0 Å². The van der Waals surface area contributed by atoms with Crippen LogP contribution in [0.25, 0.3) is 10.9 Å². The van der Waals surface area contributed by atoms with Gasteiger partial charge >= 0.3 is 0 Å². The number of carbonyl (C=O) groups excluding carboxylic acids is 1. The highest BCUT2D eigenvalue weighted by molar-refractivity contribution is 8.00. The van der Waals surface area contributed by atoms with Gasteiger partial charge in [-0.1, -0.05) is 47.7 Å². The molecule has 0 bridgehead atoms. The van der Waals surface area contributed by atoms with Crippen LogP contribution >= 0.6 is 11.8 Å². The van der Waals surface area contributed by atoms with Gasteiger partial charge in [-0.15, -0.1) is 0 Å². The van der Waals surface area contributed by atoms with Crippen molar-refractivity contribution in [1.82, 2.24) is 14.9 Å². The lowest BCUT2D eigenvalue weighted by atomic mass is 10.1. The molecule has 0 fully saturated rings. The van der Waals surface area contributed by atoms with E-state index in [1.807, 2.05) is 69.2 Å². The number of para-hydroxylation sites is 1. The van der Waals surface area contributed by atoms with Crippen molar-refractivity contribution in [3.05, 3.63) is 59.4 Å². The van der Waals surface area contributed by atoms with Crippen LogP contribution in [0, 0.1) is 13.8 Å². The summed E-state index contributed by atoms with van der Waals surface area (Å²) in [4.78, 5) is 23.8. The largest absolute Gasteiger partial charge is 0.325 e. The third-order valence-electron chi connectivity index (χ3n) is 4.07. The van der Waals surface area contributed by atoms with E-state index in [0.717, 1.165) is 33.0 Å².